The summed E-state index contributed by atoms with van der Waals surface area (Å²) in [5.74, 6) is -0.863. The zero-order chi connectivity index (χ0) is 15.0. The van der Waals surface area contributed by atoms with E-state index in [1.54, 1.807) is 32.0 Å². The van der Waals surface area contributed by atoms with Gasteiger partial charge in [0, 0.05) is 5.56 Å². The van der Waals surface area contributed by atoms with Gasteiger partial charge in [0.1, 0.15) is 11.0 Å². The van der Waals surface area contributed by atoms with Crippen molar-refractivity contribution in [1.82, 2.24) is 0 Å². The number of carbonyl (C=O) groups excluding carboxylic acids is 2. The third-order valence-electron chi connectivity index (χ3n) is 2.39. The zero-order valence-corrected chi connectivity index (χ0v) is 12.3. The molecule has 0 fully saturated rings. The molecule has 0 heterocycles. The Morgan fingerprint density at radius 2 is 1.85 bits per heavy atom. The molecule has 6 heteroatoms. The second-order valence-corrected chi connectivity index (χ2v) is 4.90. The molecule has 0 spiro atoms. The topological polar surface area (TPSA) is 72.8 Å². The van der Waals surface area contributed by atoms with Gasteiger partial charge in [-0.25, -0.2) is 0 Å². The van der Waals surface area contributed by atoms with E-state index in [0.717, 1.165) is 11.8 Å². The highest BCUT2D eigenvalue weighted by atomic mass is 32.2. The number of carbonyl (C=O) groups is 2. The second-order valence-electron chi connectivity index (χ2n) is 3.81. The second kappa shape index (κ2) is 8.47. The maximum atomic E-state index is 12.0. The van der Waals surface area contributed by atoms with Crippen LogP contribution in [0, 0.1) is 0 Å². The molecule has 0 aliphatic rings. The van der Waals surface area contributed by atoms with Crippen molar-refractivity contribution in [3.05, 3.63) is 29.8 Å². The summed E-state index contributed by atoms with van der Waals surface area (Å²) >= 11 is 1.08. The van der Waals surface area contributed by atoms with E-state index in [0.29, 0.717) is 12.2 Å². The van der Waals surface area contributed by atoms with Gasteiger partial charge in [-0.15, -0.1) is 11.8 Å². The first kappa shape index (κ1) is 16.4. The van der Waals surface area contributed by atoms with Gasteiger partial charge in [0.25, 0.3) is 0 Å². The minimum Gasteiger partial charge on any atom is -0.508 e. The molecule has 0 saturated carbocycles. The lowest BCUT2D eigenvalue weighted by Crippen LogP contribution is -2.16. The molecule has 0 saturated heterocycles. The third-order valence-corrected chi connectivity index (χ3v) is 3.58. The lowest BCUT2D eigenvalue weighted by atomic mass is 10.1. The first-order valence-electron chi connectivity index (χ1n) is 6.31. The van der Waals surface area contributed by atoms with E-state index in [1.165, 1.54) is 6.07 Å². The fourth-order valence-electron chi connectivity index (χ4n) is 1.57. The summed E-state index contributed by atoms with van der Waals surface area (Å²) in [6.07, 6.45) is 0. The van der Waals surface area contributed by atoms with Crippen LogP contribution in [0.5, 0.6) is 5.75 Å². The summed E-state index contributed by atoms with van der Waals surface area (Å²) in [6.45, 7) is 3.95. The van der Waals surface area contributed by atoms with Gasteiger partial charge in [-0.2, -0.15) is 0 Å². The quantitative estimate of drug-likeness (QED) is 0.779. The molecule has 1 unspecified atom stereocenters. The van der Waals surface area contributed by atoms with Gasteiger partial charge < -0.3 is 14.6 Å². The van der Waals surface area contributed by atoms with Gasteiger partial charge in [0.05, 0.1) is 19.0 Å². The lowest BCUT2D eigenvalue weighted by molar-refractivity contribution is -0.142. The van der Waals surface area contributed by atoms with E-state index >= 15 is 0 Å². The molecule has 0 bridgehead atoms. The summed E-state index contributed by atoms with van der Waals surface area (Å²) in [4.78, 5) is 23.3. The largest absolute Gasteiger partial charge is 0.508 e. The molecule has 20 heavy (non-hydrogen) atoms. The smallest absolute Gasteiger partial charge is 0.323 e. The molecule has 110 valence electrons. The summed E-state index contributed by atoms with van der Waals surface area (Å²) in [6, 6.07) is 6.50. The predicted molar refractivity (Wildman–Crippen MR) is 76.6 cm³/mol. The number of aromatic hydroxyl groups is 1. The minimum absolute atomic E-state index is 0.00177. The van der Waals surface area contributed by atoms with Crippen molar-refractivity contribution in [3.8, 4) is 5.75 Å². The van der Waals surface area contributed by atoms with Gasteiger partial charge in [-0.1, -0.05) is 18.2 Å². The Bertz CT molecular complexity index is 461. The highest BCUT2D eigenvalue weighted by molar-refractivity contribution is 8.00. The van der Waals surface area contributed by atoms with Crippen molar-refractivity contribution < 1.29 is 24.2 Å². The highest BCUT2D eigenvalue weighted by Gasteiger charge is 2.26. The van der Waals surface area contributed by atoms with Crippen LogP contribution in [0.2, 0.25) is 0 Å². The number of rotatable bonds is 7. The number of phenols is 1. The Labute approximate surface area is 122 Å². The Kier molecular flexibility index (Phi) is 6.93. The van der Waals surface area contributed by atoms with Crippen LogP contribution in [0.4, 0.5) is 0 Å². The number of benzene rings is 1. The van der Waals surface area contributed by atoms with Crippen LogP contribution in [0.25, 0.3) is 0 Å². The number of thioether (sulfide) groups is 1. The Morgan fingerprint density at radius 1 is 1.20 bits per heavy atom. The van der Waals surface area contributed by atoms with E-state index in [9.17, 15) is 14.7 Å². The number of hydrogen-bond donors (Lipinski definition) is 1. The first-order valence-corrected chi connectivity index (χ1v) is 7.36. The maximum absolute atomic E-state index is 12.0. The first-order chi connectivity index (χ1) is 9.60. The van der Waals surface area contributed by atoms with E-state index in [1.807, 2.05) is 0 Å². The third kappa shape index (κ3) is 4.77. The average molecular weight is 298 g/mol. The normalized spacial score (nSPS) is 11.7. The molecule has 1 aromatic rings. The number of hydrogen-bond acceptors (Lipinski definition) is 6. The molecule has 0 radical (unpaired) electrons. The van der Waals surface area contributed by atoms with Crippen molar-refractivity contribution >= 4 is 23.7 Å². The number of phenolic OH excluding ortho intramolecular Hbond substituents is 1. The van der Waals surface area contributed by atoms with Crippen LogP contribution in [0.3, 0.4) is 0 Å². The van der Waals surface area contributed by atoms with E-state index in [4.69, 9.17) is 9.47 Å². The van der Waals surface area contributed by atoms with Crippen LogP contribution in [-0.4, -0.2) is 36.0 Å². The standard InChI is InChI=1S/C14H18O5S/c1-3-18-12(16)9-20-13(14(17)19-4-2)10-7-5-6-8-11(10)15/h5-8,13,15H,3-4,9H2,1-2H3. The molecule has 1 aromatic carbocycles. The fourth-order valence-corrected chi connectivity index (χ4v) is 2.54. The Morgan fingerprint density at radius 3 is 2.45 bits per heavy atom. The van der Waals surface area contributed by atoms with Crippen LogP contribution >= 0.6 is 11.8 Å². The molecular formula is C14H18O5S. The van der Waals surface area contributed by atoms with Crippen LogP contribution in [0.15, 0.2) is 24.3 Å². The van der Waals surface area contributed by atoms with E-state index in [2.05, 4.69) is 0 Å². The molecular weight excluding hydrogens is 280 g/mol. The molecule has 0 aliphatic carbocycles. The monoisotopic (exact) mass is 298 g/mol. The predicted octanol–water partition coefficient (Wildman–Crippen LogP) is 2.29. The van der Waals surface area contributed by atoms with Crippen molar-refractivity contribution in [1.29, 1.82) is 0 Å². The summed E-state index contributed by atoms with van der Waals surface area (Å²) in [7, 11) is 0. The van der Waals surface area contributed by atoms with Gasteiger partial charge >= 0.3 is 11.9 Å². The molecule has 0 aliphatic heterocycles. The molecule has 0 amide bonds. The number of esters is 2. The van der Waals surface area contributed by atoms with Crippen molar-refractivity contribution in [2.45, 2.75) is 19.1 Å². The zero-order valence-electron chi connectivity index (χ0n) is 11.5. The Hall–Kier alpha value is -1.69. The summed E-state index contributed by atoms with van der Waals surface area (Å²) in [5.41, 5.74) is 0.431. The number of ether oxygens (including phenoxy) is 2. The molecule has 1 N–H and O–H groups in total. The SMILES string of the molecule is CCOC(=O)CSC(C(=O)OCC)c1ccccc1O. The van der Waals surface area contributed by atoms with Crippen molar-refractivity contribution in [2.75, 3.05) is 19.0 Å². The fraction of sp³-hybridized carbons (Fsp3) is 0.429. The van der Waals surface area contributed by atoms with E-state index in [-0.39, 0.29) is 18.1 Å². The van der Waals surface area contributed by atoms with Crippen LogP contribution in [0.1, 0.15) is 24.7 Å². The van der Waals surface area contributed by atoms with Gasteiger partial charge in [0.15, 0.2) is 0 Å². The van der Waals surface area contributed by atoms with Crippen molar-refractivity contribution in [3.63, 3.8) is 0 Å². The average Bonchev–Trinajstić information content (AvgIpc) is 2.41. The summed E-state index contributed by atoms with van der Waals surface area (Å²) < 4.78 is 9.81. The lowest BCUT2D eigenvalue weighted by Gasteiger charge is -2.16. The van der Waals surface area contributed by atoms with Crippen molar-refractivity contribution in [2.24, 2.45) is 0 Å². The highest BCUT2D eigenvalue weighted by Crippen LogP contribution is 2.35. The van der Waals surface area contributed by atoms with Crippen LogP contribution < -0.4 is 0 Å². The maximum Gasteiger partial charge on any atom is 0.323 e. The van der Waals surface area contributed by atoms with Gasteiger partial charge in [0.2, 0.25) is 0 Å². The Balaban J connectivity index is 2.83. The minimum atomic E-state index is -0.749. The van der Waals surface area contributed by atoms with Gasteiger partial charge in [-0.05, 0) is 19.9 Å². The number of para-hydroxylation sites is 1. The molecule has 1 atom stereocenters. The summed E-state index contributed by atoms with van der Waals surface area (Å²) in [5, 5.41) is 9.08. The van der Waals surface area contributed by atoms with Crippen LogP contribution in [-0.2, 0) is 19.1 Å². The van der Waals surface area contributed by atoms with Gasteiger partial charge in [-0.3, -0.25) is 9.59 Å². The molecule has 1 rings (SSSR count). The van der Waals surface area contributed by atoms with E-state index < -0.39 is 17.2 Å². The molecule has 0 aromatic heterocycles. The molecule has 5 nitrogen and oxygen atoms in total.